The third kappa shape index (κ3) is 6.18. The van der Waals surface area contributed by atoms with Crippen molar-refractivity contribution in [2.24, 2.45) is 5.10 Å². The van der Waals surface area contributed by atoms with Gasteiger partial charge < -0.3 is 14.6 Å². The highest BCUT2D eigenvalue weighted by Gasteiger charge is 2.11. The van der Waals surface area contributed by atoms with Crippen molar-refractivity contribution in [3.63, 3.8) is 0 Å². The first-order valence-corrected chi connectivity index (χ1v) is 11.2. The van der Waals surface area contributed by atoms with E-state index in [1.54, 1.807) is 24.3 Å². The van der Waals surface area contributed by atoms with E-state index in [1.807, 2.05) is 55.5 Å². The van der Waals surface area contributed by atoms with Crippen molar-refractivity contribution in [1.29, 1.82) is 0 Å². The van der Waals surface area contributed by atoms with E-state index in [1.165, 1.54) is 6.21 Å². The van der Waals surface area contributed by atoms with Crippen molar-refractivity contribution in [2.45, 2.75) is 13.5 Å². The zero-order chi connectivity index (χ0) is 24.6. The summed E-state index contributed by atoms with van der Waals surface area (Å²) in [5.41, 5.74) is 5.51. The Kier molecular flexibility index (Phi) is 7.64. The van der Waals surface area contributed by atoms with Crippen LogP contribution < -0.4 is 14.9 Å². The number of para-hydroxylation sites is 1. The number of aromatic nitrogens is 2. The number of aromatic hydroxyl groups is 1. The summed E-state index contributed by atoms with van der Waals surface area (Å²) in [4.78, 5) is 12.4. The zero-order valence-electron chi connectivity index (χ0n) is 18.9. The van der Waals surface area contributed by atoms with Crippen LogP contribution in [0.1, 0.15) is 28.5 Å². The molecule has 0 aliphatic heterocycles. The van der Waals surface area contributed by atoms with Crippen molar-refractivity contribution >= 4 is 23.7 Å². The quantitative estimate of drug-likeness (QED) is 0.221. The van der Waals surface area contributed by atoms with Crippen LogP contribution in [0.15, 0.2) is 77.9 Å². The van der Waals surface area contributed by atoms with E-state index in [0.29, 0.717) is 41.0 Å². The predicted molar refractivity (Wildman–Crippen MR) is 134 cm³/mol. The maximum atomic E-state index is 12.4. The number of benzene rings is 3. The van der Waals surface area contributed by atoms with E-state index in [9.17, 15) is 9.90 Å². The summed E-state index contributed by atoms with van der Waals surface area (Å²) in [6.45, 7) is 2.67. The number of carbonyl (C=O) groups excluding carboxylic acids is 1. The van der Waals surface area contributed by atoms with Crippen LogP contribution >= 0.6 is 11.6 Å². The van der Waals surface area contributed by atoms with Gasteiger partial charge in [0.15, 0.2) is 11.5 Å². The molecule has 0 saturated carbocycles. The van der Waals surface area contributed by atoms with Crippen molar-refractivity contribution in [3.05, 3.63) is 94.6 Å². The molecule has 3 aromatic carbocycles. The topological polar surface area (TPSA) is 109 Å². The lowest BCUT2D eigenvalue weighted by atomic mass is 10.1. The van der Waals surface area contributed by atoms with Crippen molar-refractivity contribution in [2.75, 3.05) is 6.61 Å². The van der Waals surface area contributed by atoms with Gasteiger partial charge in [-0.25, -0.2) is 5.43 Å². The standard InChI is InChI=1S/C26H23ClN4O4/c1-2-34-24-5-3-4-19(25(24)32)15-28-31-26(33)23-14-22(29-30-23)18-8-12-21(13-9-18)35-16-17-6-10-20(27)11-7-17/h3-15,32H,2,16H2,1H3,(H,29,30)(H,31,33)/b28-15-. The summed E-state index contributed by atoms with van der Waals surface area (Å²) in [5, 5.41) is 21.7. The number of H-pyrrole nitrogens is 1. The summed E-state index contributed by atoms with van der Waals surface area (Å²) in [6.07, 6.45) is 1.34. The van der Waals surface area contributed by atoms with Gasteiger partial charge in [0.05, 0.1) is 18.5 Å². The number of halogens is 1. The molecule has 0 aliphatic carbocycles. The molecule has 0 radical (unpaired) electrons. The minimum absolute atomic E-state index is 0.0447. The summed E-state index contributed by atoms with van der Waals surface area (Å²) in [6, 6.07) is 21.5. The Morgan fingerprint density at radius 3 is 2.63 bits per heavy atom. The van der Waals surface area contributed by atoms with Gasteiger partial charge in [-0.1, -0.05) is 29.8 Å². The number of phenols is 1. The summed E-state index contributed by atoms with van der Waals surface area (Å²) in [5.74, 6) is 0.547. The van der Waals surface area contributed by atoms with E-state index >= 15 is 0 Å². The molecule has 0 aliphatic rings. The molecule has 35 heavy (non-hydrogen) atoms. The molecule has 178 valence electrons. The van der Waals surface area contributed by atoms with Crippen LogP contribution in [0.5, 0.6) is 17.2 Å². The SMILES string of the molecule is CCOc1cccc(/C=N\NC(=O)c2cc(-c3ccc(OCc4ccc(Cl)cc4)cc3)n[nH]2)c1O. The molecule has 0 unspecified atom stereocenters. The van der Waals surface area contributed by atoms with Crippen molar-refractivity contribution in [1.82, 2.24) is 15.6 Å². The highest BCUT2D eigenvalue weighted by molar-refractivity contribution is 6.30. The number of amides is 1. The first-order valence-electron chi connectivity index (χ1n) is 10.8. The van der Waals surface area contributed by atoms with Crippen LogP contribution in [0.2, 0.25) is 5.02 Å². The first kappa shape index (κ1) is 23.8. The van der Waals surface area contributed by atoms with Gasteiger partial charge in [-0.05, 0) is 67.1 Å². The molecule has 1 amide bonds. The minimum Gasteiger partial charge on any atom is -0.504 e. The van der Waals surface area contributed by atoms with Crippen LogP contribution in [0, 0.1) is 0 Å². The Bertz CT molecular complexity index is 1320. The smallest absolute Gasteiger partial charge is 0.289 e. The molecule has 0 spiro atoms. The fraction of sp³-hybridized carbons (Fsp3) is 0.115. The Hall–Kier alpha value is -4.30. The normalized spacial score (nSPS) is 10.9. The van der Waals surface area contributed by atoms with Gasteiger partial charge in [-0.2, -0.15) is 10.2 Å². The lowest BCUT2D eigenvalue weighted by Crippen LogP contribution is -2.18. The molecule has 0 atom stereocenters. The molecule has 1 heterocycles. The molecular weight excluding hydrogens is 468 g/mol. The fourth-order valence-corrected chi connectivity index (χ4v) is 3.32. The third-order valence-corrected chi connectivity index (χ3v) is 5.24. The van der Waals surface area contributed by atoms with Crippen molar-refractivity contribution in [3.8, 4) is 28.5 Å². The number of phenolic OH excluding ortho intramolecular Hbond substituents is 1. The van der Waals surface area contributed by atoms with Crippen LogP contribution in [-0.4, -0.2) is 34.0 Å². The number of hydrazone groups is 1. The molecule has 1 aromatic heterocycles. The van der Waals surface area contributed by atoms with Gasteiger partial charge in [-0.15, -0.1) is 0 Å². The molecule has 9 heteroatoms. The van der Waals surface area contributed by atoms with E-state index in [0.717, 1.165) is 11.1 Å². The highest BCUT2D eigenvalue weighted by atomic mass is 35.5. The minimum atomic E-state index is -0.469. The summed E-state index contributed by atoms with van der Waals surface area (Å²) in [7, 11) is 0. The molecule has 3 N–H and O–H groups in total. The number of ether oxygens (including phenoxy) is 2. The summed E-state index contributed by atoms with van der Waals surface area (Å²) < 4.78 is 11.1. The number of aromatic amines is 1. The van der Waals surface area contributed by atoms with E-state index in [2.05, 4.69) is 20.7 Å². The Balaban J connectivity index is 1.34. The second-order valence-corrected chi connectivity index (χ2v) is 7.87. The molecule has 0 fully saturated rings. The maximum Gasteiger partial charge on any atom is 0.289 e. The molecule has 0 bridgehead atoms. The molecule has 4 aromatic rings. The number of nitrogens with one attached hydrogen (secondary N) is 2. The van der Waals surface area contributed by atoms with Gasteiger partial charge >= 0.3 is 0 Å². The van der Waals surface area contributed by atoms with Crippen LogP contribution in [0.3, 0.4) is 0 Å². The predicted octanol–water partition coefficient (Wildman–Crippen LogP) is 5.18. The Morgan fingerprint density at radius 1 is 1.11 bits per heavy atom. The number of hydrogen-bond donors (Lipinski definition) is 3. The number of nitrogens with zero attached hydrogens (tertiary/aromatic N) is 2. The number of rotatable bonds is 9. The molecule has 4 rings (SSSR count). The molecular formula is C26H23ClN4O4. The Labute approximate surface area is 207 Å². The second kappa shape index (κ2) is 11.2. The lowest BCUT2D eigenvalue weighted by Gasteiger charge is -2.07. The zero-order valence-corrected chi connectivity index (χ0v) is 19.6. The second-order valence-electron chi connectivity index (χ2n) is 7.43. The van der Waals surface area contributed by atoms with E-state index in [4.69, 9.17) is 21.1 Å². The highest BCUT2D eigenvalue weighted by Crippen LogP contribution is 2.28. The van der Waals surface area contributed by atoms with E-state index in [-0.39, 0.29) is 11.4 Å². The molecule has 0 saturated heterocycles. The van der Waals surface area contributed by atoms with Gasteiger partial charge in [0.25, 0.3) is 5.91 Å². The fourth-order valence-electron chi connectivity index (χ4n) is 3.19. The average Bonchev–Trinajstić information content (AvgIpc) is 3.37. The number of hydrogen-bond acceptors (Lipinski definition) is 6. The van der Waals surface area contributed by atoms with Crippen LogP contribution in [0.25, 0.3) is 11.3 Å². The molecule has 8 nitrogen and oxygen atoms in total. The Morgan fingerprint density at radius 2 is 1.89 bits per heavy atom. The first-order chi connectivity index (χ1) is 17.0. The van der Waals surface area contributed by atoms with Crippen LogP contribution in [-0.2, 0) is 6.61 Å². The number of carbonyl (C=O) groups is 1. The van der Waals surface area contributed by atoms with E-state index < -0.39 is 5.91 Å². The third-order valence-electron chi connectivity index (χ3n) is 4.99. The van der Waals surface area contributed by atoms with Gasteiger partial charge in [-0.3, -0.25) is 9.89 Å². The van der Waals surface area contributed by atoms with Gasteiger partial charge in [0.1, 0.15) is 18.1 Å². The van der Waals surface area contributed by atoms with Gasteiger partial charge in [0.2, 0.25) is 0 Å². The van der Waals surface area contributed by atoms with Crippen LogP contribution in [0.4, 0.5) is 0 Å². The monoisotopic (exact) mass is 490 g/mol. The maximum absolute atomic E-state index is 12.4. The lowest BCUT2D eigenvalue weighted by molar-refractivity contribution is 0.0950. The average molecular weight is 491 g/mol. The van der Waals surface area contributed by atoms with Gasteiger partial charge in [0, 0.05) is 16.1 Å². The van der Waals surface area contributed by atoms with Crippen molar-refractivity contribution < 1.29 is 19.4 Å². The summed E-state index contributed by atoms with van der Waals surface area (Å²) >= 11 is 5.90. The largest absolute Gasteiger partial charge is 0.504 e.